The van der Waals surface area contributed by atoms with Crippen LogP contribution in [0.5, 0.6) is 5.75 Å². The summed E-state index contributed by atoms with van der Waals surface area (Å²) in [5, 5.41) is 3.63. The Hall–Kier alpha value is -3.02. The van der Waals surface area contributed by atoms with Gasteiger partial charge in [-0.2, -0.15) is 0 Å². The first kappa shape index (κ1) is 23.1. The Morgan fingerprint density at radius 3 is 2.27 bits per heavy atom. The normalized spacial score (nSPS) is 14.2. The Balaban J connectivity index is 1.24. The molecule has 172 valence electrons. The Morgan fingerprint density at radius 2 is 1.64 bits per heavy atom. The lowest BCUT2D eigenvalue weighted by atomic mass is 10.1. The molecule has 1 saturated heterocycles. The Labute approximate surface area is 200 Å². The van der Waals surface area contributed by atoms with Crippen LogP contribution in [0, 0.1) is 13.8 Å². The minimum absolute atomic E-state index is 0.0472. The number of nitrogens with zero attached hydrogens (tertiary/aromatic N) is 1. The average Bonchev–Trinajstić information content (AvgIpc) is 2.83. The zero-order chi connectivity index (χ0) is 23.2. The number of anilines is 2. The number of piperazine rings is 1. The summed E-state index contributed by atoms with van der Waals surface area (Å²) in [5.41, 5.74) is 5.22. The van der Waals surface area contributed by atoms with Crippen LogP contribution in [0.25, 0.3) is 0 Å². The molecule has 0 saturated carbocycles. The van der Waals surface area contributed by atoms with E-state index in [0.29, 0.717) is 5.75 Å². The molecule has 0 unspecified atom stereocenters. The third-order valence-electron chi connectivity index (χ3n) is 6.06. The van der Waals surface area contributed by atoms with Crippen molar-refractivity contribution in [3.63, 3.8) is 0 Å². The summed E-state index contributed by atoms with van der Waals surface area (Å²) in [7, 11) is 0. The molecule has 0 aliphatic carbocycles. The zero-order valence-electron chi connectivity index (χ0n) is 19.2. The quantitative estimate of drug-likeness (QED) is 0.557. The van der Waals surface area contributed by atoms with Crippen molar-refractivity contribution in [3.8, 4) is 5.75 Å². The van der Waals surface area contributed by atoms with Crippen LogP contribution < -0.4 is 19.9 Å². The number of quaternary nitrogens is 1. The van der Waals surface area contributed by atoms with Crippen LogP contribution in [0.4, 0.5) is 11.4 Å². The summed E-state index contributed by atoms with van der Waals surface area (Å²) >= 11 is 6.19. The van der Waals surface area contributed by atoms with Gasteiger partial charge in [-0.25, -0.2) is 0 Å². The number of ether oxygens (including phenoxy) is 1. The minimum Gasteiger partial charge on any atom is -0.484 e. The van der Waals surface area contributed by atoms with Crippen LogP contribution in [0.3, 0.4) is 0 Å². The molecular weight excluding hydrogens is 434 g/mol. The summed E-state index contributed by atoms with van der Waals surface area (Å²) in [6.07, 6.45) is 0. The minimum atomic E-state index is -0.189. The van der Waals surface area contributed by atoms with Crippen molar-refractivity contribution < 1.29 is 14.4 Å². The van der Waals surface area contributed by atoms with E-state index in [0.717, 1.165) is 54.6 Å². The number of nitrogens with one attached hydrogen (secondary N) is 2. The molecule has 1 amide bonds. The number of hydrogen-bond donors (Lipinski definition) is 2. The Morgan fingerprint density at radius 1 is 1.00 bits per heavy atom. The standard InChI is InChI=1S/C27H30ClN3O2/c1-20-16-25(17-21(2)27(20)28)33-19-26(32)29-23-8-10-24(11-9-23)31-14-12-30(13-15-31)18-22-6-4-3-5-7-22/h3-11,16-17H,12-15,18-19H2,1-2H3,(H,29,32)/p+1. The number of amides is 1. The van der Waals surface area contributed by atoms with Crippen LogP contribution in [0.1, 0.15) is 16.7 Å². The van der Waals surface area contributed by atoms with Crippen LogP contribution in [0.2, 0.25) is 5.02 Å². The highest BCUT2D eigenvalue weighted by molar-refractivity contribution is 6.32. The SMILES string of the molecule is Cc1cc(OCC(=O)Nc2ccc(N3CC[NH+](Cc4ccccc4)CC3)cc2)cc(C)c1Cl. The maximum absolute atomic E-state index is 12.3. The maximum atomic E-state index is 12.3. The number of carbonyl (C=O) groups is 1. The first-order valence-corrected chi connectivity index (χ1v) is 11.8. The van der Waals surface area contributed by atoms with Gasteiger partial charge in [0.1, 0.15) is 12.3 Å². The molecule has 0 bridgehead atoms. The van der Waals surface area contributed by atoms with E-state index in [-0.39, 0.29) is 12.5 Å². The predicted molar refractivity (Wildman–Crippen MR) is 135 cm³/mol. The fourth-order valence-electron chi connectivity index (χ4n) is 4.23. The number of aryl methyl sites for hydroxylation is 2. The lowest BCUT2D eigenvalue weighted by molar-refractivity contribution is -0.914. The summed E-state index contributed by atoms with van der Waals surface area (Å²) in [5.74, 6) is 0.458. The summed E-state index contributed by atoms with van der Waals surface area (Å²) in [6, 6.07) is 22.4. The van der Waals surface area contributed by atoms with E-state index in [9.17, 15) is 4.79 Å². The number of halogens is 1. The lowest BCUT2D eigenvalue weighted by Crippen LogP contribution is -3.13. The first-order chi connectivity index (χ1) is 16.0. The second-order valence-corrected chi connectivity index (χ2v) is 9.03. The van der Waals surface area contributed by atoms with Gasteiger partial charge >= 0.3 is 0 Å². The number of benzene rings is 3. The second-order valence-electron chi connectivity index (χ2n) is 8.65. The first-order valence-electron chi connectivity index (χ1n) is 11.4. The van der Waals surface area contributed by atoms with Crippen LogP contribution in [0.15, 0.2) is 66.7 Å². The maximum Gasteiger partial charge on any atom is 0.262 e. The molecule has 0 atom stereocenters. The smallest absolute Gasteiger partial charge is 0.262 e. The second kappa shape index (κ2) is 10.7. The molecule has 3 aromatic carbocycles. The summed E-state index contributed by atoms with van der Waals surface area (Å²) in [6.45, 7) is 9.18. The van der Waals surface area contributed by atoms with Crippen molar-refractivity contribution >= 4 is 28.9 Å². The molecular formula is C27H31ClN3O2+. The lowest BCUT2D eigenvalue weighted by Gasteiger charge is -2.33. The van der Waals surface area contributed by atoms with E-state index < -0.39 is 0 Å². The highest BCUT2D eigenvalue weighted by atomic mass is 35.5. The number of hydrogen-bond acceptors (Lipinski definition) is 3. The third kappa shape index (κ3) is 6.28. The molecule has 1 aliphatic heterocycles. The highest BCUT2D eigenvalue weighted by Gasteiger charge is 2.20. The van der Waals surface area contributed by atoms with Gasteiger partial charge in [-0.3, -0.25) is 4.79 Å². The Kier molecular flexibility index (Phi) is 7.53. The van der Waals surface area contributed by atoms with E-state index >= 15 is 0 Å². The van der Waals surface area contributed by atoms with Gasteiger partial charge in [0.2, 0.25) is 0 Å². The molecule has 1 fully saturated rings. The third-order valence-corrected chi connectivity index (χ3v) is 6.66. The average molecular weight is 465 g/mol. The topological polar surface area (TPSA) is 46.0 Å². The van der Waals surface area contributed by atoms with Gasteiger partial charge in [0.15, 0.2) is 6.61 Å². The van der Waals surface area contributed by atoms with E-state index in [4.69, 9.17) is 16.3 Å². The molecule has 1 aliphatic rings. The molecule has 33 heavy (non-hydrogen) atoms. The van der Waals surface area contributed by atoms with E-state index in [1.807, 2.05) is 38.1 Å². The van der Waals surface area contributed by atoms with Crippen LogP contribution >= 0.6 is 11.6 Å². The highest BCUT2D eigenvalue weighted by Crippen LogP contribution is 2.26. The molecule has 4 rings (SSSR count). The van der Waals surface area contributed by atoms with Gasteiger partial charge in [0.05, 0.1) is 26.2 Å². The van der Waals surface area contributed by atoms with Crippen molar-refractivity contribution in [2.45, 2.75) is 20.4 Å². The number of rotatable bonds is 7. The molecule has 1 heterocycles. The summed E-state index contributed by atoms with van der Waals surface area (Å²) in [4.78, 5) is 16.3. The van der Waals surface area contributed by atoms with Crippen molar-refractivity contribution in [3.05, 3.63) is 88.4 Å². The van der Waals surface area contributed by atoms with Crippen molar-refractivity contribution in [2.24, 2.45) is 0 Å². The van der Waals surface area contributed by atoms with Crippen LogP contribution in [-0.2, 0) is 11.3 Å². The molecule has 0 aromatic heterocycles. The van der Waals surface area contributed by atoms with Gasteiger partial charge in [-0.05, 0) is 61.4 Å². The van der Waals surface area contributed by atoms with Crippen molar-refractivity contribution in [2.75, 3.05) is 43.0 Å². The fraction of sp³-hybridized carbons (Fsp3) is 0.296. The van der Waals surface area contributed by atoms with Crippen molar-refractivity contribution in [1.82, 2.24) is 0 Å². The van der Waals surface area contributed by atoms with E-state index in [2.05, 4.69) is 52.7 Å². The van der Waals surface area contributed by atoms with Gasteiger partial charge in [-0.1, -0.05) is 41.9 Å². The van der Waals surface area contributed by atoms with Gasteiger partial charge in [-0.15, -0.1) is 0 Å². The van der Waals surface area contributed by atoms with Crippen molar-refractivity contribution in [1.29, 1.82) is 0 Å². The van der Waals surface area contributed by atoms with Gasteiger partial charge < -0.3 is 19.9 Å². The number of carbonyl (C=O) groups excluding carboxylic acids is 1. The molecule has 0 radical (unpaired) electrons. The van der Waals surface area contributed by atoms with Gasteiger partial charge in [0, 0.05) is 22.0 Å². The molecule has 3 aromatic rings. The largest absolute Gasteiger partial charge is 0.484 e. The molecule has 6 heteroatoms. The molecule has 5 nitrogen and oxygen atoms in total. The van der Waals surface area contributed by atoms with Gasteiger partial charge in [0.25, 0.3) is 5.91 Å². The fourth-order valence-corrected chi connectivity index (χ4v) is 4.34. The molecule has 2 N–H and O–H groups in total. The monoisotopic (exact) mass is 464 g/mol. The van der Waals surface area contributed by atoms with E-state index in [1.165, 1.54) is 11.3 Å². The van der Waals surface area contributed by atoms with Crippen LogP contribution in [-0.4, -0.2) is 38.7 Å². The van der Waals surface area contributed by atoms with E-state index in [1.54, 1.807) is 4.90 Å². The molecule has 0 spiro atoms. The zero-order valence-corrected chi connectivity index (χ0v) is 20.0. The predicted octanol–water partition coefficient (Wildman–Crippen LogP) is 3.88. The Bertz CT molecular complexity index is 1060. The summed E-state index contributed by atoms with van der Waals surface area (Å²) < 4.78 is 5.65.